The summed E-state index contributed by atoms with van der Waals surface area (Å²) in [5, 5.41) is 8.81. The standard InChI is InChI=1S/C11H11F2N3O2/c1-2-18-9(17)4-6-3-7(10(12)13)11(15)16-8(6)5-14/h3,10H,2,4H2,1H3,(H2,15,16). The van der Waals surface area contributed by atoms with Gasteiger partial charge < -0.3 is 10.5 Å². The normalized spacial score (nSPS) is 10.2. The molecule has 1 heterocycles. The van der Waals surface area contributed by atoms with Crippen molar-refractivity contribution in [1.82, 2.24) is 4.98 Å². The van der Waals surface area contributed by atoms with Crippen LogP contribution in [0.25, 0.3) is 0 Å². The molecule has 0 aliphatic heterocycles. The van der Waals surface area contributed by atoms with E-state index in [2.05, 4.69) is 9.72 Å². The van der Waals surface area contributed by atoms with Crippen molar-refractivity contribution in [3.63, 3.8) is 0 Å². The first-order chi connectivity index (χ1) is 8.49. The number of ether oxygens (including phenoxy) is 1. The summed E-state index contributed by atoms with van der Waals surface area (Å²) in [6, 6.07) is 2.72. The highest BCUT2D eigenvalue weighted by Crippen LogP contribution is 2.26. The summed E-state index contributed by atoms with van der Waals surface area (Å²) < 4.78 is 29.9. The van der Waals surface area contributed by atoms with Crippen LogP contribution in [0.4, 0.5) is 14.6 Å². The lowest BCUT2D eigenvalue weighted by Gasteiger charge is -2.08. The summed E-state index contributed by atoms with van der Waals surface area (Å²) in [5.41, 5.74) is 4.74. The highest BCUT2D eigenvalue weighted by Gasteiger charge is 2.18. The Morgan fingerprint density at radius 3 is 2.83 bits per heavy atom. The molecule has 0 aromatic carbocycles. The zero-order chi connectivity index (χ0) is 13.7. The third kappa shape index (κ3) is 3.13. The molecule has 1 aromatic rings. The molecular weight excluding hydrogens is 244 g/mol. The molecule has 0 aliphatic rings. The number of carbonyl (C=O) groups is 1. The van der Waals surface area contributed by atoms with Crippen molar-refractivity contribution in [3.05, 3.63) is 22.9 Å². The van der Waals surface area contributed by atoms with Gasteiger partial charge in [-0.1, -0.05) is 0 Å². The van der Waals surface area contributed by atoms with Crippen molar-refractivity contribution < 1.29 is 18.3 Å². The lowest BCUT2D eigenvalue weighted by atomic mass is 10.1. The number of rotatable bonds is 4. The highest BCUT2D eigenvalue weighted by atomic mass is 19.3. The van der Waals surface area contributed by atoms with E-state index in [0.29, 0.717) is 0 Å². The van der Waals surface area contributed by atoms with Crippen LogP contribution in [0.3, 0.4) is 0 Å². The third-order valence-corrected chi connectivity index (χ3v) is 2.14. The van der Waals surface area contributed by atoms with Gasteiger partial charge in [0, 0.05) is 5.56 Å². The van der Waals surface area contributed by atoms with Crippen LogP contribution < -0.4 is 5.73 Å². The van der Waals surface area contributed by atoms with Gasteiger partial charge in [0.1, 0.15) is 17.6 Å². The molecule has 0 spiro atoms. The second kappa shape index (κ2) is 5.91. The van der Waals surface area contributed by atoms with Gasteiger partial charge in [0.05, 0.1) is 18.6 Å². The second-order valence-electron chi connectivity index (χ2n) is 3.36. The Bertz CT molecular complexity index is 498. The van der Waals surface area contributed by atoms with E-state index in [1.54, 1.807) is 13.0 Å². The average molecular weight is 255 g/mol. The fourth-order valence-electron chi connectivity index (χ4n) is 1.36. The van der Waals surface area contributed by atoms with Crippen molar-refractivity contribution in [2.75, 3.05) is 12.3 Å². The van der Waals surface area contributed by atoms with Crippen molar-refractivity contribution in [2.24, 2.45) is 0 Å². The number of pyridine rings is 1. The van der Waals surface area contributed by atoms with Gasteiger partial charge in [-0.05, 0) is 13.0 Å². The van der Waals surface area contributed by atoms with Crippen LogP contribution in [0.2, 0.25) is 0 Å². The number of alkyl halides is 2. The Hall–Kier alpha value is -2.23. The van der Waals surface area contributed by atoms with E-state index in [1.807, 2.05) is 0 Å². The molecule has 0 unspecified atom stereocenters. The first kappa shape index (κ1) is 13.8. The number of nitrogen functional groups attached to an aromatic ring is 1. The highest BCUT2D eigenvalue weighted by molar-refractivity contribution is 5.73. The van der Waals surface area contributed by atoms with Gasteiger partial charge in [-0.3, -0.25) is 4.79 Å². The van der Waals surface area contributed by atoms with Gasteiger partial charge in [-0.25, -0.2) is 13.8 Å². The Kier molecular flexibility index (Phi) is 4.54. The zero-order valence-electron chi connectivity index (χ0n) is 9.61. The fraction of sp³-hybridized carbons (Fsp3) is 0.364. The summed E-state index contributed by atoms with van der Waals surface area (Å²) >= 11 is 0. The predicted octanol–water partition coefficient (Wildman–Crippen LogP) is 1.58. The number of aromatic nitrogens is 1. The SMILES string of the molecule is CCOC(=O)Cc1cc(C(F)F)c(N)nc1C#N. The predicted molar refractivity (Wildman–Crippen MR) is 58.7 cm³/mol. The van der Waals surface area contributed by atoms with E-state index in [1.165, 1.54) is 0 Å². The molecule has 0 aliphatic carbocycles. The maximum atomic E-state index is 12.6. The van der Waals surface area contributed by atoms with E-state index in [9.17, 15) is 13.6 Å². The summed E-state index contributed by atoms with van der Waals surface area (Å²) in [4.78, 5) is 14.8. The van der Waals surface area contributed by atoms with Gasteiger partial charge in [0.15, 0.2) is 0 Å². The molecule has 1 aromatic heterocycles. The molecule has 0 saturated carbocycles. The van der Waals surface area contributed by atoms with Gasteiger partial charge in [0.25, 0.3) is 6.43 Å². The van der Waals surface area contributed by atoms with Crippen molar-refractivity contribution >= 4 is 11.8 Å². The molecular formula is C11H11F2N3O2. The minimum absolute atomic E-state index is 0.0838. The number of esters is 1. The number of nitriles is 1. The number of nitrogens with zero attached hydrogens (tertiary/aromatic N) is 2. The fourth-order valence-corrected chi connectivity index (χ4v) is 1.36. The first-order valence-electron chi connectivity index (χ1n) is 5.12. The molecule has 0 fully saturated rings. The number of anilines is 1. The molecule has 96 valence electrons. The first-order valence-corrected chi connectivity index (χ1v) is 5.12. The van der Waals surface area contributed by atoms with E-state index >= 15 is 0 Å². The van der Waals surface area contributed by atoms with Gasteiger partial charge in [-0.15, -0.1) is 0 Å². The van der Waals surface area contributed by atoms with Crippen LogP contribution in [-0.2, 0) is 16.0 Å². The van der Waals surface area contributed by atoms with E-state index in [0.717, 1.165) is 6.07 Å². The monoisotopic (exact) mass is 255 g/mol. The number of carbonyl (C=O) groups excluding carboxylic acids is 1. The number of nitrogens with two attached hydrogens (primary N) is 1. The molecule has 0 atom stereocenters. The Balaban J connectivity index is 3.13. The molecule has 1 rings (SSSR count). The van der Waals surface area contributed by atoms with E-state index in [-0.39, 0.29) is 24.3 Å². The van der Waals surface area contributed by atoms with Gasteiger partial charge >= 0.3 is 5.97 Å². The lowest BCUT2D eigenvalue weighted by Crippen LogP contribution is -2.11. The molecule has 2 N–H and O–H groups in total. The Labute approximate surface area is 102 Å². The summed E-state index contributed by atoms with van der Waals surface area (Å²) in [6.45, 7) is 1.79. The van der Waals surface area contributed by atoms with Crippen LogP contribution >= 0.6 is 0 Å². The average Bonchev–Trinajstić information content (AvgIpc) is 2.30. The van der Waals surface area contributed by atoms with E-state index in [4.69, 9.17) is 11.0 Å². The van der Waals surface area contributed by atoms with Crippen LogP contribution in [0.5, 0.6) is 0 Å². The minimum atomic E-state index is -2.81. The van der Waals surface area contributed by atoms with Crippen molar-refractivity contribution in [3.8, 4) is 6.07 Å². The van der Waals surface area contributed by atoms with Crippen LogP contribution in [0.1, 0.15) is 30.2 Å². The van der Waals surface area contributed by atoms with Crippen molar-refractivity contribution in [2.45, 2.75) is 19.8 Å². The van der Waals surface area contributed by atoms with Crippen molar-refractivity contribution in [1.29, 1.82) is 5.26 Å². The number of hydrogen-bond acceptors (Lipinski definition) is 5. The second-order valence-corrected chi connectivity index (χ2v) is 3.36. The maximum absolute atomic E-state index is 12.6. The smallest absolute Gasteiger partial charge is 0.310 e. The molecule has 0 radical (unpaired) electrons. The number of halogens is 2. The Morgan fingerprint density at radius 1 is 1.67 bits per heavy atom. The largest absolute Gasteiger partial charge is 0.466 e. The summed E-state index contributed by atoms with van der Waals surface area (Å²) in [6.07, 6.45) is -3.10. The molecule has 7 heteroatoms. The zero-order valence-corrected chi connectivity index (χ0v) is 9.61. The topological polar surface area (TPSA) is 89.0 Å². The molecule has 5 nitrogen and oxygen atoms in total. The molecule has 18 heavy (non-hydrogen) atoms. The summed E-state index contributed by atoms with van der Waals surface area (Å²) in [5.74, 6) is -1.02. The molecule has 0 saturated heterocycles. The Morgan fingerprint density at radius 2 is 2.33 bits per heavy atom. The molecule has 0 amide bonds. The van der Waals surface area contributed by atoms with E-state index < -0.39 is 23.8 Å². The van der Waals surface area contributed by atoms with Crippen LogP contribution in [0, 0.1) is 11.3 Å². The van der Waals surface area contributed by atoms with Gasteiger partial charge in [0.2, 0.25) is 0 Å². The maximum Gasteiger partial charge on any atom is 0.310 e. The molecule has 0 bridgehead atoms. The number of hydrogen-bond donors (Lipinski definition) is 1. The summed E-state index contributed by atoms with van der Waals surface area (Å²) in [7, 11) is 0. The van der Waals surface area contributed by atoms with Gasteiger partial charge in [-0.2, -0.15) is 5.26 Å². The minimum Gasteiger partial charge on any atom is -0.466 e. The van der Waals surface area contributed by atoms with Crippen LogP contribution in [-0.4, -0.2) is 17.6 Å². The third-order valence-electron chi connectivity index (χ3n) is 2.14. The lowest BCUT2D eigenvalue weighted by molar-refractivity contribution is -0.142. The van der Waals surface area contributed by atoms with Crippen LogP contribution in [0.15, 0.2) is 6.07 Å². The quantitative estimate of drug-likeness (QED) is 0.825.